The maximum absolute atomic E-state index is 11.2. The van der Waals surface area contributed by atoms with Gasteiger partial charge in [0.05, 0.1) is 10.6 Å². The van der Waals surface area contributed by atoms with Gasteiger partial charge in [0.15, 0.2) is 5.69 Å². The average molecular weight is 259 g/mol. The smallest absolute Gasteiger partial charge is 0.318 e. The van der Waals surface area contributed by atoms with Crippen molar-refractivity contribution in [1.29, 1.82) is 0 Å². The van der Waals surface area contributed by atoms with Crippen LogP contribution >= 0.6 is 0 Å². The molecule has 1 N–H and O–H groups in total. The van der Waals surface area contributed by atoms with Crippen molar-refractivity contribution in [2.45, 2.75) is 13.8 Å². The molecule has 7 heteroatoms. The Labute approximate surface area is 109 Å². The molecule has 0 aliphatic rings. The van der Waals surface area contributed by atoms with Crippen molar-refractivity contribution >= 4 is 11.6 Å². The van der Waals surface area contributed by atoms with Crippen molar-refractivity contribution in [3.63, 3.8) is 0 Å². The summed E-state index contributed by atoms with van der Waals surface area (Å²) in [5.41, 5.74) is 0.893. The number of anilines is 1. The van der Waals surface area contributed by atoms with E-state index in [1.54, 1.807) is 31.3 Å². The molecule has 0 amide bonds. The maximum atomic E-state index is 11.2. The number of nitro groups is 1. The van der Waals surface area contributed by atoms with Crippen LogP contribution in [0.15, 0.2) is 24.4 Å². The standard InChI is InChI=1S/C12H13N5O2/c1-3-13-12-15-8(2)11(17(18)19)10(16-12)9-6-4-5-7-14-9/h4-7H,3H2,1-2H3,(H,13,15,16). The zero-order chi connectivity index (χ0) is 13.8. The molecule has 2 heterocycles. The summed E-state index contributed by atoms with van der Waals surface area (Å²) in [6.07, 6.45) is 1.57. The van der Waals surface area contributed by atoms with Crippen LogP contribution in [-0.2, 0) is 0 Å². The van der Waals surface area contributed by atoms with E-state index in [1.807, 2.05) is 6.92 Å². The Morgan fingerprint density at radius 1 is 1.37 bits per heavy atom. The normalized spacial score (nSPS) is 10.2. The number of aromatic nitrogens is 3. The molecule has 0 saturated carbocycles. The van der Waals surface area contributed by atoms with Crippen molar-refractivity contribution < 1.29 is 4.92 Å². The van der Waals surface area contributed by atoms with E-state index in [9.17, 15) is 10.1 Å². The zero-order valence-electron chi connectivity index (χ0n) is 10.6. The molecule has 0 atom stereocenters. The van der Waals surface area contributed by atoms with Crippen LogP contribution in [-0.4, -0.2) is 26.4 Å². The maximum Gasteiger partial charge on any atom is 0.318 e. The lowest BCUT2D eigenvalue weighted by molar-refractivity contribution is -0.385. The lowest BCUT2D eigenvalue weighted by Crippen LogP contribution is -2.07. The molecule has 2 aromatic heterocycles. The molecule has 2 aromatic rings. The van der Waals surface area contributed by atoms with Gasteiger partial charge in [-0.1, -0.05) is 6.07 Å². The number of hydrogen-bond donors (Lipinski definition) is 1. The quantitative estimate of drug-likeness (QED) is 0.668. The molecule has 98 valence electrons. The number of rotatable bonds is 4. The fourth-order valence-corrected chi connectivity index (χ4v) is 1.70. The molecule has 0 aromatic carbocycles. The fourth-order valence-electron chi connectivity index (χ4n) is 1.70. The van der Waals surface area contributed by atoms with Crippen LogP contribution in [0.25, 0.3) is 11.4 Å². The van der Waals surface area contributed by atoms with Gasteiger partial charge < -0.3 is 5.32 Å². The third kappa shape index (κ3) is 2.65. The van der Waals surface area contributed by atoms with E-state index in [4.69, 9.17) is 0 Å². The highest BCUT2D eigenvalue weighted by Crippen LogP contribution is 2.29. The number of pyridine rings is 1. The zero-order valence-corrected chi connectivity index (χ0v) is 10.6. The third-order valence-corrected chi connectivity index (χ3v) is 2.48. The summed E-state index contributed by atoms with van der Waals surface area (Å²) in [4.78, 5) is 23.1. The van der Waals surface area contributed by atoms with Gasteiger partial charge in [0.1, 0.15) is 5.69 Å². The van der Waals surface area contributed by atoms with E-state index in [0.717, 1.165) is 0 Å². The second-order valence-electron chi connectivity index (χ2n) is 3.83. The Balaban J connectivity index is 2.65. The Morgan fingerprint density at radius 2 is 2.16 bits per heavy atom. The van der Waals surface area contributed by atoms with Crippen molar-refractivity contribution in [1.82, 2.24) is 15.0 Å². The monoisotopic (exact) mass is 259 g/mol. The predicted molar refractivity (Wildman–Crippen MR) is 70.8 cm³/mol. The molecule has 0 aliphatic carbocycles. The van der Waals surface area contributed by atoms with Crippen LogP contribution in [0.2, 0.25) is 0 Å². The summed E-state index contributed by atoms with van der Waals surface area (Å²) in [6, 6.07) is 5.19. The minimum atomic E-state index is -0.477. The second-order valence-corrected chi connectivity index (χ2v) is 3.83. The topological polar surface area (TPSA) is 93.8 Å². The van der Waals surface area contributed by atoms with Gasteiger partial charge in [-0.3, -0.25) is 15.1 Å². The summed E-state index contributed by atoms with van der Waals surface area (Å²) in [5, 5.41) is 14.1. The number of nitrogens with zero attached hydrogens (tertiary/aromatic N) is 4. The van der Waals surface area contributed by atoms with Crippen molar-refractivity contribution in [3.8, 4) is 11.4 Å². The predicted octanol–water partition coefficient (Wildman–Crippen LogP) is 2.19. The minimum Gasteiger partial charge on any atom is -0.354 e. The molecule has 0 fully saturated rings. The third-order valence-electron chi connectivity index (χ3n) is 2.48. The van der Waals surface area contributed by atoms with Gasteiger partial charge in [0, 0.05) is 12.7 Å². The first-order chi connectivity index (χ1) is 9.13. The fraction of sp³-hybridized carbons (Fsp3) is 0.250. The lowest BCUT2D eigenvalue weighted by Gasteiger charge is -2.07. The summed E-state index contributed by atoms with van der Waals surface area (Å²) in [7, 11) is 0. The first-order valence-corrected chi connectivity index (χ1v) is 5.81. The summed E-state index contributed by atoms with van der Waals surface area (Å²) < 4.78 is 0. The molecule has 19 heavy (non-hydrogen) atoms. The first kappa shape index (κ1) is 12.9. The minimum absolute atomic E-state index is 0.111. The highest BCUT2D eigenvalue weighted by atomic mass is 16.6. The van der Waals surface area contributed by atoms with E-state index in [1.165, 1.54) is 0 Å². The molecule has 0 bridgehead atoms. The Bertz CT molecular complexity index is 601. The number of hydrogen-bond acceptors (Lipinski definition) is 6. The largest absolute Gasteiger partial charge is 0.354 e. The van der Waals surface area contributed by atoms with Crippen molar-refractivity contribution in [2.24, 2.45) is 0 Å². The van der Waals surface area contributed by atoms with Gasteiger partial charge in [-0.25, -0.2) is 9.97 Å². The molecule has 7 nitrogen and oxygen atoms in total. The van der Waals surface area contributed by atoms with E-state index in [0.29, 0.717) is 23.9 Å². The summed E-state index contributed by atoms with van der Waals surface area (Å²) in [5.74, 6) is 0.367. The van der Waals surface area contributed by atoms with Crippen LogP contribution in [0.3, 0.4) is 0 Å². The van der Waals surface area contributed by atoms with E-state index in [2.05, 4.69) is 20.3 Å². The Kier molecular flexibility index (Phi) is 3.65. The van der Waals surface area contributed by atoms with Gasteiger partial charge in [-0.15, -0.1) is 0 Å². The van der Waals surface area contributed by atoms with Crippen LogP contribution in [0.1, 0.15) is 12.6 Å². The van der Waals surface area contributed by atoms with Crippen LogP contribution in [0.4, 0.5) is 11.6 Å². The van der Waals surface area contributed by atoms with Gasteiger partial charge in [0.2, 0.25) is 5.95 Å². The van der Waals surface area contributed by atoms with Crippen LogP contribution in [0, 0.1) is 17.0 Å². The van der Waals surface area contributed by atoms with Gasteiger partial charge >= 0.3 is 5.69 Å². The van der Waals surface area contributed by atoms with Gasteiger partial charge in [0.25, 0.3) is 0 Å². The van der Waals surface area contributed by atoms with Gasteiger partial charge in [-0.2, -0.15) is 0 Å². The summed E-state index contributed by atoms with van der Waals surface area (Å²) >= 11 is 0. The second kappa shape index (κ2) is 5.38. The molecular formula is C12H13N5O2. The molecule has 0 saturated heterocycles. The SMILES string of the molecule is CCNc1nc(C)c([N+](=O)[O-])c(-c2ccccn2)n1. The number of nitrogens with one attached hydrogen (secondary N) is 1. The van der Waals surface area contributed by atoms with E-state index in [-0.39, 0.29) is 11.4 Å². The summed E-state index contributed by atoms with van der Waals surface area (Å²) in [6.45, 7) is 4.13. The van der Waals surface area contributed by atoms with E-state index < -0.39 is 4.92 Å². The van der Waals surface area contributed by atoms with Crippen LogP contribution < -0.4 is 5.32 Å². The number of aryl methyl sites for hydroxylation is 1. The van der Waals surface area contributed by atoms with Crippen LogP contribution in [0.5, 0.6) is 0 Å². The molecule has 0 spiro atoms. The lowest BCUT2D eigenvalue weighted by atomic mass is 10.2. The molecule has 0 radical (unpaired) electrons. The van der Waals surface area contributed by atoms with E-state index >= 15 is 0 Å². The first-order valence-electron chi connectivity index (χ1n) is 5.81. The van der Waals surface area contributed by atoms with Crippen molar-refractivity contribution in [3.05, 3.63) is 40.2 Å². The highest BCUT2D eigenvalue weighted by molar-refractivity contribution is 5.68. The molecule has 2 rings (SSSR count). The molecule has 0 aliphatic heterocycles. The highest BCUT2D eigenvalue weighted by Gasteiger charge is 2.23. The molecular weight excluding hydrogens is 246 g/mol. The van der Waals surface area contributed by atoms with Gasteiger partial charge in [-0.05, 0) is 26.0 Å². The Morgan fingerprint density at radius 3 is 2.74 bits per heavy atom. The average Bonchev–Trinajstić information content (AvgIpc) is 2.39. The van der Waals surface area contributed by atoms with Crippen molar-refractivity contribution in [2.75, 3.05) is 11.9 Å². The molecule has 0 unspecified atom stereocenters. The Hall–Kier alpha value is -2.57.